The SMILES string of the molecule is Cc1ccc2[nH]cc(C[C@@H](N)C(=O)N3CCC4(CCc5ccccc54)CC3)c2c1.O=C(O)C(F)(F)F. The monoisotopic (exact) mass is 501 g/mol. The van der Waals surface area contributed by atoms with E-state index in [0.717, 1.165) is 37.0 Å². The van der Waals surface area contributed by atoms with Gasteiger partial charge >= 0.3 is 12.1 Å². The number of H-pyrrole nitrogens is 1. The van der Waals surface area contributed by atoms with E-state index in [1.807, 2.05) is 11.1 Å². The van der Waals surface area contributed by atoms with Gasteiger partial charge in [-0.25, -0.2) is 4.79 Å². The Hall–Kier alpha value is -3.33. The first-order chi connectivity index (χ1) is 17.0. The number of nitrogens with one attached hydrogen (secondary N) is 1. The number of aliphatic carboxylic acids is 1. The van der Waals surface area contributed by atoms with Gasteiger partial charge in [0, 0.05) is 30.2 Å². The van der Waals surface area contributed by atoms with Crippen LogP contribution >= 0.6 is 0 Å². The van der Waals surface area contributed by atoms with Crippen LogP contribution < -0.4 is 5.73 Å². The van der Waals surface area contributed by atoms with Crippen molar-refractivity contribution in [1.82, 2.24) is 9.88 Å². The molecular weight excluding hydrogens is 471 g/mol. The zero-order valence-corrected chi connectivity index (χ0v) is 20.1. The fourth-order valence-corrected chi connectivity index (χ4v) is 5.46. The molecule has 2 heterocycles. The number of carbonyl (C=O) groups is 2. The third-order valence-electron chi connectivity index (χ3n) is 7.42. The van der Waals surface area contributed by atoms with Crippen LogP contribution in [0.4, 0.5) is 13.2 Å². The fourth-order valence-electron chi connectivity index (χ4n) is 5.46. The zero-order chi connectivity index (χ0) is 26.1. The van der Waals surface area contributed by atoms with Crippen LogP contribution in [0.2, 0.25) is 0 Å². The van der Waals surface area contributed by atoms with E-state index in [2.05, 4.69) is 54.4 Å². The molecule has 2 aromatic carbocycles. The average molecular weight is 502 g/mol. The fraction of sp³-hybridized carbons (Fsp3) is 0.407. The second kappa shape index (κ2) is 9.97. The molecule has 192 valence electrons. The number of amides is 1. The summed E-state index contributed by atoms with van der Waals surface area (Å²) in [6.45, 7) is 3.72. The molecule has 36 heavy (non-hydrogen) atoms. The van der Waals surface area contributed by atoms with E-state index in [4.69, 9.17) is 15.6 Å². The lowest BCUT2D eigenvalue weighted by Crippen LogP contribution is -2.50. The number of nitrogens with zero attached hydrogens (tertiary/aromatic N) is 1. The normalized spacial score (nSPS) is 17.4. The first-order valence-corrected chi connectivity index (χ1v) is 12.0. The number of likely N-dealkylation sites (tertiary alicyclic amines) is 1. The lowest BCUT2D eigenvalue weighted by Gasteiger charge is -2.41. The molecule has 0 unspecified atom stereocenters. The first kappa shape index (κ1) is 25.8. The molecule has 1 aliphatic carbocycles. The van der Waals surface area contributed by atoms with Gasteiger partial charge in [0.1, 0.15) is 0 Å². The van der Waals surface area contributed by atoms with Crippen molar-refractivity contribution < 1.29 is 27.9 Å². The van der Waals surface area contributed by atoms with Crippen LogP contribution in [0, 0.1) is 6.92 Å². The third kappa shape index (κ3) is 5.26. The Balaban J connectivity index is 0.000000384. The molecule has 1 atom stereocenters. The Morgan fingerprint density at radius 3 is 2.47 bits per heavy atom. The summed E-state index contributed by atoms with van der Waals surface area (Å²) in [7, 11) is 0. The van der Waals surface area contributed by atoms with Crippen molar-refractivity contribution in [3.8, 4) is 0 Å². The largest absolute Gasteiger partial charge is 0.490 e. The summed E-state index contributed by atoms with van der Waals surface area (Å²) in [5, 5.41) is 8.30. The molecule has 0 saturated carbocycles. The predicted octanol–water partition coefficient (Wildman–Crippen LogP) is 4.49. The molecule has 1 amide bonds. The quantitative estimate of drug-likeness (QED) is 0.493. The molecule has 1 spiro atoms. The summed E-state index contributed by atoms with van der Waals surface area (Å²) >= 11 is 0. The van der Waals surface area contributed by atoms with E-state index >= 15 is 0 Å². The molecule has 1 aliphatic heterocycles. The standard InChI is InChI=1S/C25H29N3O.C2HF3O2/c1-17-6-7-23-20(14-17)19(16-27-23)15-22(26)24(29)28-12-10-25(11-13-28)9-8-18-4-2-3-5-21(18)25;3-2(4,5)1(6)7/h2-7,14,16,22,27H,8-13,15,26H2,1H3;(H,6,7)/t22-;/m1./s1. The summed E-state index contributed by atoms with van der Waals surface area (Å²) in [6, 6.07) is 14.7. The number of hydrogen-bond acceptors (Lipinski definition) is 3. The van der Waals surface area contributed by atoms with E-state index in [1.165, 1.54) is 34.9 Å². The van der Waals surface area contributed by atoms with Crippen LogP contribution in [0.5, 0.6) is 0 Å². The molecule has 1 saturated heterocycles. The molecule has 1 fully saturated rings. The third-order valence-corrected chi connectivity index (χ3v) is 7.42. The van der Waals surface area contributed by atoms with Crippen LogP contribution in [0.15, 0.2) is 48.7 Å². The molecule has 4 N–H and O–H groups in total. The molecule has 2 aliphatic rings. The van der Waals surface area contributed by atoms with Gasteiger partial charge in [-0.1, -0.05) is 35.9 Å². The Bertz CT molecular complexity index is 1260. The number of aryl methyl sites for hydroxylation is 2. The van der Waals surface area contributed by atoms with E-state index in [9.17, 15) is 18.0 Å². The summed E-state index contributed by atoms with van der Waals surface area (Å²) in [4.78, 5) is 27.3. The van der Waals surface area contributed by atoms with E-state index in [1.54, 1.807) is 0 Å². The zero-order valence-electron chi connectivity index (χ0n) is 20.1. The van der Waals surface area contributed by atoms with Crippen molar-refractivity contribution in [2.75, 3.05) is 13.1 Å². The minimum absolute atomic E-state index is 0.0909. The van der Waals surface area contributed by atoms with E-state index in [0.29, 0.717) is 6.42 Å². The summed E-state index contributed by atoms with van der Waals surface area (Å²) in [6.07, 6.45) is 1.98. The highest BCUT2D eigenvalue weighted by molar-refractivity contribution is 5.86. The molecule has 5 rings (SSSR count). The Kier molecular flexibility index (Phi) is 7.13. The minimum Gasteiger partial charge on any atom is -0.475 e. The maximum absolute atomic E-state index is 13.1. The molecule has 6 nitrogen and oxygen atoms in total. The van der Waals surface area contributed by atoms with Crippen molar-refractivity contribution >= 4 is 22.8 Å². The van der Waals surface area contributed by atoms with Crippen molar-refractivity contribution in [3.63, 3.8) is 0 Å². The summed E-state index contributed by atoms with van der Waals surface area (Å²) in [5.41, 5.74) is 13.1. The summed E-state index contributed by atoms with van der Waals surface area (Å²) in [5.74, 6) is -2.67. The molecular formula is C27H30F3N3O3. The van der Waals surface area contributed by atoms with Crippen LogP contribution in [-0.2, 0) is 27.8 Å². The van der Waals surface area contributed by atoms with Crippen LogP contribution in [0.1, 0.15) is 41.5 Å². The molecule has 3 aromatic rings. The van der Waals surface area contributed by atoms with Gasteiger partial charge in [0.15, 0.2) is 0 Å². The van der Waals surface area contributed by atoms with E-state index in [-0.39, 0.29) is 11.3 Å². The van der Waals surface area contributed by atoms with Gasteiger partial charge in [0.05, 0.1) is 6.04 Å². The summed E-state index contributed by atoms with van der Waals surface area (Å²) < 4.78 is 31.7. The van der Waals surface area contributed by atoms with Gasteiger partial charge in [-0.05, 0) is 73.3 Å². The number of piperidine rings is 1. The molecule has 0 radical (unpaired) electrons. The van der Waals surface area contributed by atoms with Gasteiger partial charge in [-0.15, -0.1) is 0 Å². The van der Waals surface area contributed by atoms with Crippen molar-refractivity contribution in [3.05, 3.63) is 70.9 Å². The number of nitrogens with two attached hydrogens (primary N) is 1. The topological polar surface area (TPSA) is 99.4 Å². The molecule has 1 aromatic heterocycles. The highest BCUT2D eigenvalue weighted by atomic mass is 19.4. The molecule has 9 heteroatoms. The Labute approximate surface area is 207 Å². The number of fused-ring (bicyclic) bond motifs is 3. The lowest BCUT2D eigenvalue weighted by molar-refractivity contribution is -0.192. The Morgan fingerprint density at radius 2 is 1.81 bits per heavy atom. The van der Waals surface area contributed by atoms with Crippen LogP contribution in [0.25, 0.3) is 10.9 Å². The number of hydrogen-bond donors (Lipinski definition) is 3. The Morgan fingerprint density at radius 1 is 1.14 bits per heavy atom. The predicted molar refractivity (Wildman–Crippen MR) is 131 cm³/mol. The van der Waals surface area contributed by atoms with Crippen LogP contribution in [0.3, 0.4) is 0 Å². The average Bonchev–Trinajstić information content (AvgIpc) is 3.40. The first-order valence-electron chi connectivity index (χ1n) is 12.0. The van der Waals surface area contributed by atoms with Crippen molar-refractivity contribution in [2.24, 2.45) is 5.73 Å². The second-order valence-corrected chi connectivity index (χ2v) is 9.74. The number of halogens is 3. The van der Waals surface area contributed by atoms with E-state index < -0.39 is 18.2 Å². The number of rotatable bonds is 3. The highest BCUT2D eigenvalue weighted by Crippen LogP contribution is 2.46. The maximum atomic E-state index is 13.1. The van der Waals surface area contributed by atoms with Gasteiger partial charge in [0.25, 0.3) is 0 Å². The number of alkyl halides is 3. The number of aromatic nitrogens is 1. The van der Waals surface area contributed by atoms with Crippen LogP contribution in [-0.4, -0.2) is 52.2 Å². The van der Waals surface area contributed by atoms with Gasteiger partial charge in [-0.2, -0.15) is 13.2 Å². The van der Waals surface area contributed by atoms with Crippen molar-refractivity contribution in [2.45, 2.75) is 56.7 Å². The number of carbonyl (C=O) groups excluding carboxylic acids is 1. The smallest absolute Gasteiger partial charge is 0.475 e. The number of carboxylic acids is 1. The van der Waals surface area contributed by atoms with Gasteiger partial charge < -0.3 is 20.7 Å². The number of benzene rings is 2. The van der Waals surface area contributed by atoms with Gasteiger partial charge in [-0.3, -0.25) is 4.79 Å². The number of aromatic amines is 1. The second-order valence-electron chi connectivity index (χ2n) is 9.74. The van der Waals surface area contributed by atoms with Crippen molar-refractivity contribution in [1.29, 1.82) is 0 Å². The molecule has 0 bridgehead atoms. The lowest BCUT2D eigenvalue weighted by atomic mass is 9.74. The minimum atomic E-state index is -5.08. The highest BCUT2D eigenvalue weighted by Gasteiger charge is 2.42. The van der Waals surface area contributed by atoms with Gasteiger partial charge in [0.2, 0.25) is 5.91 Å². The maximum Gasteiger partial charge on any atom is 0.490 e. The number of carboxylic acid groups (broad SMARTS) is 1.